The van der Waals surface area contributed by atoms with Crippen LogP contribution in [0.1, 0.15) is 25.3 Å². The lowest BCUT2D eigenvalue weighted by Crippen LogP contribution is -2.43. The SMILES string of the molecule is CC1(CCc2ccc(O)cc2)NCCCS1. The highest BCUT2D eigenvalue weighted by molar-refractivity contribution is 8.00. The van der Waals surface area contributed by atoms with E-state index in [2.05, 4.69) is 12.2 Å². The van der Waals surface area contributed by atoms with Crippen LogP contribution in [0.25, 0.3) is 0 Å². The molecule has 1 aliphatic heterocycles. The molecule has 1 fully saturated rings. The maximum atomic E-state index is 9.21. The molecule has 1 atom stereocenters. The Balaban J connectivity index is 1.88. The van der Waals surface area contributed by atoms with Crippen LogP contribution >= 0.6 is 11.8 Å². The second-order valence-electron chi connectivity index (χ2n) is 4.53. The molecular weight excluding hydrogens is 218 g/mol. The fraction of sp³-hybridized carbons (Fsp3) is 0.538. The molecule has 1 aromatic rings. The Hall–Kier alpha value is -0.670. The molecule has 3 heteroatoms. The zero-order valence-electron chi connectivity index (χ0n) is 9.70. The Morgan fingerprint density at radius 3 is 2.75 bits per heavy atom. The monoisotopic (exact) mass is 237 g/mol. The van der Waals surface area contributed by atoms with Gasteiger partial charge in [0.2, 0.25) is 0 Å². The zero-order chi connectivity index (χ0) is 11.4. The lowest BCUT2D eigenvalue weighted by molar-refractivity contribution is 0.456. The minimum absolute atomic E-state index is 0.232. The standard InChI is InChI=1S/C13H19NOS/c1-13(14-9-2-10-16-13)8-7-11-3-5-12(15)6-4-11/h3-6,14-15H,2,7-10H2,1H3. The van der Waals surface area contributed by atoms with E-state index in [0.717, 1.165) is 19.4 Å². The number of hydrogen-bond donors (Lipinski definition) is 2. The predicted octanol–water partition coefficient (Wildman–Crippen LogP) is 2.77. The van der Waals surface area contributed by atoms with E-state index in [-0.39, 0.29) is 4.87 Å². The summed E-state index contributed by atoms with van der Waals surface area (Å²) in [6.45, 7) is 3.43. The van der Waals surface area contributed by atoms with Crippen molar-refractivity contribution in [3.8, 4) is 5.75 Å². The average Bonchev–Trinajstić information content (AvgIpc) is 2.29. The van der Waals surface area contributed by atoms with Crippen LogP contribution in [0.15, 0.2) is 24.3 Å². The van der Waals surface area contributed by atoms with Gasteiger partial charge in [0, 0.05) is 0 Å². The molecule has 0 saturated carbocycles. The van der Waals surface area contributed by atoms with Gasteiger partial charge in [0.1, 0.15) is 5.75 Å². The van der Waals surface area contributed by atoms with Gasteiger partial charge < -0.3 is 10.4 Å². The number of thioether (sulfide) groups is 1. The summed E-state index contributed by atoms with van der Waals surface area (Å²) in [5.41, 5.74) is 1.30. The fourth-order valence-corrected chi connectivity index (χ4v) is 3.17. The molecule has 0 aromatic heterocycles. The van der Waals surface area contributed by atoms with Crippen molar-refractivity contribution < 1.29 is 5.11 Å². The Morgan fingerprint density at radius 2 is 2.12 bits per heavy atom. The maximum Gasteiger partial charge on any atom is 0.115 e. The minimum atomic E-state index is 0.232. The highest BCUT2D eigenvalue weighted by Crippen LogP contribution is 2.30. The van der Waals surface area contributed by atoms with Crippen molar-refractivity contribution in [1.29, 1.82) is 0 Å². The molecule has 1 aliphatic rings. The Kier molecular flexibility index (Phi) is 3.77. The summed E-state index contributed by atoms with van der Waals surface area (Å²) in [4.78, 5) is 0.232. The van der Waals surface area contributed by atoms with E-state index >= 15 is 0 Å². The summed E-state index contributed by atoms with van der Waals surface area (Å²) in [6, 6.07) is 7.54. The molecule has 1 saturated heterocycles. The fourth-order valence-electron chi connectivity index (χ4n) is 1.98. The van der Waals surface area contributed by atoms with Crippen LogP contribution < -0.4 is 5.32 Å². The van der Waals surface area contributed by atoms with Gasteiger partial charge in [-0.2, -0.15) is 0 Å². The van der Waals surface area contributed by atoms with Crippen molar-refractivity contribution in [2.45, 2.75) is 31.1 Å². The normalized spacial score (nSPS) is 25.6. The first kappa shape index (κ1) is 11.8. The number of aromatic hydroxyl groups is 1. The average molecular weight is 237 g/mol. The van der Waals surface area contributed by atoms with Gasteiger partial charge in [-0.1, -0.05) is 12.1 Å². The van der Waals surface area contributed by atoms with E-state index in [0.29, 0.717) is 5.75 Å². The third kappa shape index (κ3) is 3.16. The van der Waals surface area contributed by atoms with E-state index in [1.165, 1.54) is 17.7 Å². The highest BCUT2D eigenvalue weighted by atomic mass is 32.2. The largest absolute Gasteiger partial charge is 0.508 e. The van der Waals surface area contributed by atoms with Crippen LogP contribution in [-0.2, 0) is 6.42 Å². The smallest absolute Gasteiger partial charge is 0.115 e. The topological polar surface area (TPSA) is 32.3 Å². The van der Waals surface area contributed by atoms with Gasteiger partial charge in [0.25, 0.3) is 0 Å². The summed E-state index contributed by atoms with van der Waals surface area (Å²) in [7, 11) is 0. The van der Waals surface area contributed by atoms with E-state index < -0.39 is 0 Å². The summed E-state index contributed by atoms with van der Waals surface area (Å²) >= 11 is 2.03. The second kappa shape index (κ2) is 5.11. The third-order valence-corrected chi connectivity index (χ3v) is 4.55. The molecule has 1 heterocycles. The van der Waals surface area contributed by atoms with Crippen LogP contribution in [0.4, 0.5) is 0 Å². The third-order valence-electron chi connectivity index (χ3n) is 3.07. The van der Waals surface area contributed by atoms with Gasteiger partial charge >= 0.3 is 0 Å². The quantitative estimate of drug-likeness (QED) is 0.848. The van der Waals surface area contributed by atoms with E-state index in [4.69, 9.17) is 0 Å². The highest BCUT2D eigenvalue weighted by Gasteiger charge is 2.26. The number of phenols is 1. The van der Waals surface area contributed by atoms with Gasteiger partial charge in [-0.15, -0.1) is 11.8 Å². The van der Waals surface area contributed by atoms with Gasteiger partial charge in [-0.05, 0) is 56.2 Å². The zero-order valence-corrected chi connectivity index (χ0v) is 10.5. The summed E-state index contributed by atoms with van der Waals surface area (Å²) in [6.07, 6.45) is 3.48. The molecular formula is C13H19NOS. The number of rotatable bonds is 3. The molecule has 0 spiro atoms. The van der Waals surface area contributed by atoms with Crippen molar-refractivity contribution in [2.24, 2.45) is 0 Å². The molecule has 88 valence electrons. The van der Waals surface area contributed by atoms with Crippen LogP contribution in [0.5, 0.6) is 5.75 Å². The van der Waals surface area contributed by atoms with Gasteiger partial charge in [0.15, 0.2) is 0 Å². The predicted molar refractivity (Wildman–Crippen MR) is 69.9 cm³/mol. The Labute approximate surface area is 101 Å². The molecule has 2 N–H and O–H groups in total. The molecule has 2 rings (SSSR count). The minimum Gasteiger partial charge on any atom is -0.508 e. The molecule has 0 amide bonds. The Bertz CT molecular complexity index is 330. The molecule has 0 bridgehead atoms. The first-order valence-electron chi connectivity index (χ1n) is 5.85. The lowest BCUT2D eigenvalue weighted by atomic mass is 10.1. The molecule has 16 heavy (non-hydrogen) atoms. The van der Waals surface area contributed by atoms with E-state index in [1.54, 1.807) is 12.1 Å². The van der Waals surface area contributed by atoms with Crippen molar-refractivity contribution in [3.05, 3.63) is 29.8 Å². The summed E-state index contributed by atoms with van der Waals surface area (Å²) in [5.74, 6) is 1.61. The van der Waals surface area contributed by atoms with E-state index in [9.17, 15) is 5.11 Å². The number of nitrogens with one attached hydrogen (secondary N) is 1. The maximum absolute atomic E-state index is 9.21. The number of benzene rings is 1. The Morgan fingerprint density at radius 1 is 1.38 bits per heavy atom. The van der Waals surface area contributed by atoms with Crippen LogP contribution in [-0.4, -0.2) is 22.3 Å². The second-order valence-corrected chi connectivity index (χ2v) is 6.12. The molecule has 1 aromatic carbocycles. The van der Waals surface area contributed by atoms with Gasteiger partial charge in [-0.3, -0.25) is 0 Å². The number of aryl methyl sites for hydroxylation is 1. The van der Waals surface area contributed by atoms with Gasteiger partial charge in [-0.25, -0.2) is 0 Å². The van der Waals surface area contributed by atoms with Crippen LogP contribution in [0, 0.1) is 0 Å². The molecule has 0 radical (unpaired) electrons. The molecule has 1 unspecified atom stereocenters. The van der Waals surface area contributed by atoms with E-state index in [1.807, 2.05) is 23.9 Å². The first-order valence-corrected chi connectivity index (χ1v) is 6.83. The number of hydrogen-bond acceptors (Lipinski definition) is 3. The van der Waals surface area contributed by atoms with Crippen molar-refractivity contribution in [3.63, 3.8) is 0 Å². The van der Waals surface area contributed by atoms with Gasteiger partial charge in [0.05, 0.1) is 4.87 Å². The van der Waals surface area contributed by atoms with Crippen LogP contribution in [0.2, 0.25) is 0 Å². The lowest BCUT2D eigenvalue weighted by Gasteiger charge is -2.34. The van der Waals surface area contributed by atoms with Crippen molar-refractivity contribution >= 4 is 11.8 Å². The molecule has 0 aliphatic carbocycles. The van der Waals surface area contributed by atoms with Crippen molar-refractivity contribution in [1.82, 2.24) is 5.32 Å². The summed E-state index contributed by atoms with van der Waals surface area (Å²) in [5, 5.41) is 12.8. The van der Waals surface area contributed by atoms with Crippen molar-refractivity contribution in [2.75, 3.05) is 12.3 Å². The number of phenolic OH excluding ortho intramolecular Hbond substituents is 1. The van der Waals surface area contributed by atoms with Crippen LogP contribution in [0.3, 0.4) is 0 Å². The molecule has 2 nitrogen and oxygen atoms in total. The first-order chi connectivity index (χ1) is 7.68. The summed E-state index contributed by atoms with van der Waals surface area (Å²) < 4.78 is 0.